The third kappa shape index (κ3) is 4.57. The van der Waals surface area contributed by atoms with Gasteiger partial charge >= 0.3 is 0 Å². The van der Waals surface area contributed by atoms with Crippen molar-refractivity contribution in [3.8, 4) is 11.8 Å². The monoisotopic (exact) mass is 364 g/mol. The predicted molar refractivity (Wildman–Crippen MR) is 104 cm³/mol. The third-order valence-electron chi connectivity index (χ3n) is 4.15. The average molecular weight is 364 g/mol. The molecule has 0 atom stereocenters. The van der Waals surface area contributed by atoms with Crippen LogP contribution in [0.1, 0.15) is 0 Å². The minimum atomic E-state index is -0.602. The number of nitrogens with zero attached hydrogens (tertiary/aromatic N) is 2. The second kappa shape index (κ2) is 8.74. The second-order valence-electron chi connectivity index (χ2n) is 5.90. The van der Waals surface area contributed by atoms with Crippen LogP contribution in [0.4, 0.5) is 17.1 Å². The van der Waals surface area contributed by atoms with Crippen molar-refractivity contribution >= 4 is 23.0 Å². The van der Waals surface area contributed by atoms with Gasteiger partial charge in [0.2, 0.25) is 0 Å². The second-order valence-corrected chi connectivity index (χ2v) is 5.90. The molecule has 0 saturated carbocycles. The van der Waals surface area contributed by atoms with E-state index >= 15 is 0 Å². The smallest absolute Gasteiger partial charge is 0.267 e. The van der Waals surface area contributed by atoms with Gasteiger partial charge in [0, 0.05) is 19.3 Å². The van der Waals surface area contributed by atoms with E-state index in [1.807, 2.05) is 30.3 Å². The van der Waals surface area contributed by atoms with Crippen LogP contribution >= 0.6 is 0 Å². The average Bonchev–Trinajstić information content (AvgIpc) is 2.71. The molecule has 0 aliphatic carbocycles. The van der Waals surface area contributed by atoms with Gasteiger partial charge in [-0.05, 0) is 24.3 Å². The third-order valence-corrected chi connectivity index (χ3v) is 4.15. The molecule has 7 heteroatoms. The Kier molecular flexibility index (Phi) is 5.92. The summed E-state index contributed by atoms with van der Waals surface area (Å²) in [5.41, 5.74) is 1.92. The quantitative estimate of drug-likeness (QED) is 0.429. The van der Waals surface area contributed by atoms with Crippen molar-refractivity contribution in [3.05, 3.63) is 60.3 Å². The fourth-order valence-corrected chi connectivity index (χ4v) is 2.74. The minimum absolute atomic E-state index is 0.0613. The number of morpholine rings is 1. The Morgan fingerprint density at radius 1 is 1.11 bits per heavy atom. The fraction of sp³-hybridized carbons (Fsp3) is 0.200. The molecule has 0 bridgehead atoms. The van der Waals surface area contributed by atoms with Gasteiger partial charge in [0.25, 0.3) is 5.91 Å². The van der Waals surface area contributed by atoms with Crippen LogP contribution in [0.3, 0.4) is 0 Å². The van der Waals surface area contributed by atoms with E-state index in [9.17, 15) is 15.2 Å². The Morgan fingerprint density at radius 2 is 1.78 bits per heavy atom. The van der Waals surface area contributed by atoms with Gasteiger partial charge in [0.05, 0.1) is 30.3 Å². The van der Waals surface area contributed by atoms with Crippen LogP contribution in [-0.2, 0) is 9.53 Å². The Hall–Kier alpha value is -3.50. The highest BCUT2D eigenvalue weighted by atomic mass is 16.5. The van der Waals surface area contributed by atoms with Gasteiger partial charge in [0.15, 0.2) is 0 Å². The highest BCUT2D eigenvalue weighted by Crippen LogP contribution is 2.27. The van der Waals surface area contributed by atoms with E-state index < -0.39 is 5.91 Å². The minimum Gasteiger partial charge on any atom is -0.506 e. The lowest BCUT2D eigenvalue weighted by Gasteiger charge is -2.30. The van der Waals surface area contributed by atoms with E-state index in [1.54, 1.807) is 18.2 Å². The Bertz CT molecular complexity index is 883. The molecule has 2 aromatic carbocycles. The molecule has 0 aromatic heterocycles. The van der Waals surface area contributed by atoms with E-state index in [-0.39, 0.29) is 17.0 Å². The van der Waals surface area contributed by atoms with Crippen LogP contribution in [0.5, 0.6) is 5.75 Å². The molecule has 27 heavy (non-hydrogen) atoms. The fourth-order valence-electron chi connectivity index (χ4n) is 2.74. The van der Waals surface area contributed by atoms with Crippen LogP contribution in [-0.4, -0.2) is 37.3 Å². The molecule has 7 nitrogen and oxygen atoms in total. The zero-order valence-corrected chi connectivity index (χ0v) is 14.7. The van der Waals surface area contributed by atoms with Crippen molar-refractivity contribution < 1.29 is 14.6 Å². The number of hydrogen-bond acceptors (Lipinski definition) is 6. The van der Waals surface area contributed by atoms with Crippen LogP contribution in [0, 0.1) is 11.3 Å². The van der Waals surface area contributed by atoms with Gasteiger partial charge in [-0.1, -0.05) is 24.3 Å². The zero-order chi connectivity index (χ0) is 19.1. The van der Waals surface area contributed by atoms with Crippen molar-refractivity contribution in [3.63, 3.8) is 0 Å². The molecular formula is C20H20N4O3. The summed E-state index contributed by atoms with van der Waals surface area (Å²) in [5, 5.41) is 24.7. The van der Waals surface area contributed by atoms with Gasteiger partial charge in [-0.15, -0.1) is 0 Å². The summed E-state index contributed by atoms with van der Waals surface area (Å²) in [6.07, 6.45) is 1.37. The number of hydrogen-bond donors (Lipinski definition) is 3. The Labute approximate surface area is 157 Å². The largest absolute Gasteiger partial charge is 0.506 e. The van der Waals surface area contributed by atoms with Gasteiger partial charge in [-0.3, -0.25) is 4.79 Å². The van der Waals surface area contributed by atoms with Crippen LogP contribution < -0.4 is 15.5 Å². The molecule has 3 N–H and O–H groups in total. The number of phenols is 1. The lowest BCUT2D eigenvalue weighted by atomic mass is 10.2. The van der Waals surface area contributed by atoms with Crippen LogP contribution in [0.15, 0.2) is 60.3 Å². The highest BCUT2D eigenvalue weighted by molar-refractivity contribution is 6.07. The first-order valence-corrected chi connectivity index (χ1v) is 8.57. The van der Waals surface area contributed by atoms with Gasteiger partial charge in [0.1, 0.15) is 17.4 Å². The number of carbonyl (C=O) groups is 1. The summed E-state index contributed by atoms with van der Waals surface area (Å²) in [6.45, 7) is 2.88. The highest BCUT2D eigenvalue weighted by Gasteiger charge is 2.15. The number of aromatic hydroxyl groups is 1. The number of phenolic OH excluding ortho intramolecular Hbond substituents is 1. The van der Waals surface area contributed by atoms with Crippen molar-refractivity contribution in [2.45, 2.75) is 0 Å². The Morgan fingerprint density at radius 3 is 2.48 bits per heavy atom. The van der Waals surface area contributed by atoms with E-state index in [0.717, 1.165) is 24.5 Å². The molecule has 2 aromatic rings. The molecule has 1 fully saturated rings. The van der Waals surface area contributed by atoms with E-state index in [4.69, 9.17) is 4.74 Å². The number of rotatable bonds is 5. The van der Waals surface area contributed by atoms with E-state index in [1.165, 1.54) is 12.3 Å². The lowest BCUT2D eigenvalue weighted by molar-refractivity contribution is -0.112. The summed E-state index contributed by atoms with van der Waals surface area (Å²) < 4.78 is 5.38. The first kappa shape index (κ1) is 18.3. The van der Waals surface area contributed by atoms with Crippen molar-refractivity contribution in [2.75, 3.05) is 41.8 Å². The number of benzene rings is 2. The van der Waals surface area contributed by atoms with Crippen molar-refractivity contribution in [2.24, 2.45) is 0 Å². The number of ether oxygens (including phenoxy) is 1. The van der Waals surface area contributed by atoms with Crippen LogP contribution in [0.2, 0.25) is 0 Å². The summed E-state index contributed by atoms with van der Waals surface area (Å²) in [7, 11) is 0. The first-order chi connectivity index (χ1) is 13.2. The van der Waals surface area contributed by atoms with Crippen LogP contribution in [0.25, 0.3) is 0 Å². The standard InChI is InChI=1S/C20H20N4O3/c21-13-15(20(26)23-17-6-2-4-8-19(17)25)14-22-16-5-1-3-7-18(16)24-9-11-27-12-10-24/h1-8,14,22,25H,9-12H2,(H,23,26)/b15-14-. The van der Waals surface area contributed by atoms with Gasteiger partial charge in [-0.25, -0.2) is 0 Å². The number of anilines is 3. The molecule has 1 amide bonds. The molecule has 1 heterocycles. The molecule has 1 aliphatic rings. The predicted octanol–water partition coefficient (Wildman–Crippen LogP) is 2.69. The maximum absolute atomic E-state index is 12.3. The van der Waals surface area contributed by atoms with Crippen molar-refractivity contribution in [1.29, 1.82) is 5.26 Å². The molecule has 3 rings (SSSR count). The maximum atomic E-state index is 12.3. The van der Waals surface area contributed by atoms with Crippen molar-refractivity contribution in [1.82, 2.24) is 0 Å². The molecule has 1 saturated heterocycles. The molecule has 0 radical (unpaired) electrons. The zero-order valence-electron chi connectivity index (χ0n) is 14.7. The Balaban J connectivity index is 1.75. The number of nitriles is 1. The molecule has 138 valence electrons. The number of amides is 1. The topological polar surface area (TPSA) is 97.6 Å². The number of carbonyl (C=O) groups excluding carboxylic acids is 1. The lowest BCUT2D eigenvalue weighted by Crippen LogP contribution is -2.36. The van der Waals surface area contributed by atoms with Gasteiger partial charge < -0.3 is 25.4 Å². The molecule has 0 spiro atoms. The maximum Gasteiger partial charge on any atom is 0.267 e. The summed E-state index contributed by atoms with van der Waals surface area (Å²) in [5.74, 6) is -0.663. The molecular weight excluding hydrogens is 344 g/mol. The molecule has 0 unspecified atom stereocenters. The van der Waals surface area contributed by atoms with E-state index in [2.05, 4.69) is 15.5 Å². The number of nitrogens with one attached hydrogen (secondary N) is 2. The first-order valence-electron chi connectivity index (χ1n) is 8.57. The normalized spacial score (nSPS) is 14.3. The number of para-hydroxylation sites is 4. The molecule has 1 aliphatic heterocycles. The summed E-state index contributed by atoms with van der Waals surface area (Å²) in [4.78, 5) is 14.5. The summed E-state index contributed by atoms with van der Waals surface area (Å²) in [6, 6.07) is 15.9. The SMILES string of the molecule is N#C/C(=C/Nc1ccccc1N1CCOCC1)C(=O)Nc1ccccc1O. The summed E-state index contributed by atoms with van der Waals surface area (Å²) >= 11 is 0. The van der Waals surface area contributed by atoms with E-state index in [0.29, 0.717) is 13.2 Å². The van der Waals surface area contributed by atoms with Gasteiger partial charge in [-0.2, -0.15) is 5.26 Å².